The van der Waals surface area contributed by atoms with Crippen molar-refractivity contribution in [3.8, 4) is 11.5 Å². The van der Waals surface area contributed by atoms with E-state index in [-0.39, 0.29) is 17.9 Å². The minimum Gasteiger partial charge on any atom is -0.497 e. The number of ketones is 1. The van der Waals surface area contributed by atoms with Gasteiger partial charge in [0.05, 0.1) is 31.5 Å². The van der Waals surface area contributed by atoms with E-state index in [4.69, 9.17) is 14.2 Å². The first-order valence-corrected chi connectivity index (χ1v) is 8.20. The van der Waals surface area contributed by atoms with E-state index in [0.29, 0.717) is 22.6 Å². The van der Waals surface area contributed by atoms with Gasteiger partial charge in [0.25, 0.3) is 0 Å². The van der Waals surface area contributed by atoms with Gasteiger partial charge >= 0.3 is 5.97 Å². The van der Waals surface area contributed by atoms with E-state index < -0.39 is 0 Å². The van der Waals surface area contributed by atoms with Crippen LogP contribution in [-0.2, 0) is 4.74 Å². The molecule has 5 nitrogen and oxygen atoms in total. The molecule has 2 aromatic rings. The first-order chi connectivity index (χ1) is 12.4. The monoisotopic (exact) mass is 354 g/mol. The summed E-state index contributed by atoms with van der Waals surface area (Å²) >= 11 is 0. The van der Waals surface area contributed by atoms with Gasteiger partial charge < -0.3 is 14.2 Å². The van der Waals surface area contributed by atoms with Crippen LogP contribution in [0, 0.1) is 0 Å². The number of esters is 1. The lowest BCUT2D eigenvalue weighted by molar-refractivity contribution is 0.0378. The van der Waals surface area contributed by atoms with Crippen LogP contribution in [-0.4, -0.2) is 32.1 Å². The summed E-state index contributed by atoms with van der Waals surface area (Å²) in [6.07, 6.45) is 2.97. The number of allylic oxidation sites excluding steroid dienone is 1. The summed E-state index contributed by atoms with van der Waals surface area (Å²) in [5.41, 5.74) is 1.68. The van der Waals surface area contributed by atoms with E-state index in [9.17, 15) is 9.59 Å². The van der Waals surface area contributed by atoms with Crippen molar-refractivity contribution in [2.75, 3.05) is 14.2 Å². The Labute approximate surface area is 153 Å². The van der Waals surface area contributed by atoms with Crippen molar-refractivity contribution in [2.45, 2.75) is 20.0 Å². The average Bonchev–Trinajstić information content (AvgIpc) is 2.65. The molecule has 0 bridgehead atoms. The molecule has 26 heavy (non-hydrogen) atoms. The summed E-state index contributed by atoms with van der Waals surface area (Å²) in [5.74, 6) is 0.486. The summed E-state index contributed by atoms with van der Waals surface area (Å²) in [4.78, 5) is 24.3. The highest BCUT2D eigenvalue weighted by atomic mass is 16.5. The third kappa shape index (κ3) is 4.96. The highest BCUT2D eigenvalue weighted by Gasteiger charge is 2.11. The number of carbonyl (C=O) groups is 2. The summed E-state index contributed by atoms with van der Waals surface area (Å²) < 4.78 is 15.5. The Morgan fingerprint density at radius 2 is 1.65 bits per heavy atom. The van der Waals surface area contributed by atoms with Gasteiger partial charge in [0.15, 0.2) is 5.78 Å². The van der Waals surface area contributed by atoms with Gasteiger partial charge in [-0.15, -0.1) is 0 Å². The minimum absolute atomic E-state index is 0.169. The summed E-state index contributed by atoms with van der Waals surface area (Å²) in [6.45, 7) is 3.60. The van der Waals surface area contributed by atoms with Crippen LogP contribution >= 0.6 is 0 Å². The van der Waals surface area contributed by atoms with Crippen LogP contribution < -0.4 is 9.47 Å². The lowest BCUT2D eigenvalue weighted by Crippen LogP contribution is -2.11. The molecule has 136 valence electrons. The second-order valence-electron chi connectivity index (χ2n) is 5.84. The third-order valence-corrected chi connectivity index (χ3v) is 3.59. The summed E-state index contributed by atoms with van der Waals surface area (Å²) in [7, 11) is 3.05. The van der Waals surface area contributed by atoms with Crippen molar-refractivity contribution in [3.63, 3.8) is 0 Å². The normalized spacial score (nSPS) is 10.8. The fourth-order valence-electron chi connectivity index (χ4n) is 2.28. The Morgan fingerprint density at radius 1 is 0.962 bits per heavy atom. The molecule has 0 aromatic heterocycles. The molecule has 2 rings (SSSR count). The van der Waals surface area contributed by atoms with Crippen LogP contribution in [0.25, 0.3) is 6.08 Å². The molecule has 0 N–H and O–H groups in total. The van der Waals surface area contributed by atoms with Crippen LogP contribution in [0.2, 0.25) is 0 Å². The van der Waals surface area contributed by atoms with Crippen molar-refractivity contribution in [3.05, 3.63) is 65.2 Å². The van der Waals surface area contributed by atoms with Gasteiger partial charge in [-0.3, -0.25) is 4.79 Å². The minimum atomic E-state index is -0.368. The van der Waals surface area contributed by atoms with Crippen molar-refractivity contribution < 1.29 is 23.8 Å². The quantitative estimate of drug-likeness (QED) is 0.424. The highest BCUT2D eigenvalue weighted by Crippen LogP contribution is 2.25. The lowest BCUT2D eigenvalue weighted by Gasteiger charge is -2.08. The largest absolute Gasteiger partial charge is 0.497 e. The topological polar surface area (TPSA) is 61.8 Å². The standard InChI is InChI=1S/C21H22O5/c1-14(2)26-21(23)16-8-5-15(6-9-16)7-11-19(22)18-13-17(24-3)10-12-20(18)25-4/h5-14H,1-4H3/b11-7+. The van der Waals surface area contributed by atoms with Crippen LogP contribution in [0.1, 0.15) is 40.1 Å². The highest BCUT2D eigenvalue weighted by molar-refractivity contribution is 6.09. The molecule has 0 radical (unpaired) electrons. The molecule has 2 aromatic carbocycles. The van der Waals surface area contributed by atoms with Gasteiger partial charge in [-0.2, -0.15) is 0 Å². The van der Waals surface area contributed by atoms with Crippen LogP contribution in [0.4, 0.5) is 0 Å². The molecule has 0 fully saturated rings. The van der Waals surface area contributed by atoms with Crippen molar-refractivity contribution in [1.82, 2.24) is 0 Å². The average molecular weight is 354 g/mol. The molecule has 0 unspecified atom stereocenters. The van der Waals surface area contributed by atoms with E-state index >= 15 is 0 Å². The van der Waals surface area contributed by atoms with E-state index in [1.54, 1.807) is 62.4 Å². The van der Waals surface area contributed by atoms with Gasteiger partial charge in [-0.1, -0.05) is 18.2 Å². The number of methoxy groups -OCH3 is 2. The molecular weight excluding hydrogens is 332 g/mol. The predicted octanol–water partition coefficient (Wildman–Crippen LogP) is 4.17. The maximum Gasteiger partial charge on any atom is 0.338 e. The molecular formula is C21H22O5. The zero-order valence-corrected chi connectivity index (χ0v) is 15.3. The Balaban J connectivity index is 2.14. The SMILES string of the molecule is COc1ccc(OC)c(C(=O)/C=C/c2ccc(C(=O)OC(C)C)cc2)c1. The number of hydrogen-bond acceptors (Lipinski definition) is 5. The maximum atomic E-state index is 12.5. The van der Waals surface area contributed by atoms with E-state index in [1.165, 1.54) is 20.3 Å². The maximum absolute atomic E-state index is 12.5. The molecule has 0 atom stereocenters. The molecule has 0 saturated heterocycles. The summed E-state index contributed by atoms with van der Waals surface area (Å²) in [6, 6.07) is 11.9. The Bertz CT molecular complexity index is 804. The van der Waals surface area contributed by atoms with Gasteiger partial charge in [-0.25, -0.2) is 4.79 Å². The van der Waals surface area contributed by atoms with Gasteiger partial charge in [0, 0.05) is 0 Å². The molecule has 0 aliphatic carbocycles. The van der Waals surface area contributed by atoms with Crippen molar-refractivity contribution in [2.24, 2.45) is 0 Å². The van der Waals surface area contributed by atoms with E-state index in [1.807, 2.05) is 0 Å². The number of carbonyl (C=O) groups excluding carboxylic acids is 2. The van der Waals surface area contributed by atoms with Gasteiger partial charge in [0.1, 0.15) is 11.5 Å². The Kier molecular flexibility index (Phi) is 6.55. The van der Waals surface area contributed by atoms with E-state index in [0.717, 1.165) is 5.56 Å². The van der Waals surface area contributed by atoms with Crippen molar-refractivity contribution >= 4 is 17.8 Å². The molecule has 0 amide bonds. The van der Waals surface area contributed by atoms with Crippen LogP contribution in [0.15, 0.2) is 48.5 Å². The van der Waals surface area contributed by atoms with Crippen molar-refractivity contribution in [1.29, 1.82) is 0 Å². The van der Waals surface area contributed by atoms with Gasteiger partial charge in [0.2, 0.25) is 0 Å². The van der Waals surface area contributed by atoms with Crippen LogP contribution in [0.3, 0.4) is 0 Å². The molecule has 0 aliphatic heterocycles. The smallest absolute Gasteiger partial charge is 0.338 e. The molecule has 0 saturated carbocycles. The predicted molar refractivity (Wildman–Crippen MR) is 99.9 cm³/mol. The number of hydrogen-bond donors (Lipinski definition) is 0. The first kappa shape index (κ1) is 19.2. The van der Waals surface area contributed by atoms with E-state index in [2.05, 4.69) is 0 Å². The number of benzene rings is 2. The molecule has 0 aliphatic rings. The number of rotatable bonds is 7. The first-order valence-electron chi connectivity index (χ1n) is 8.20. The van der Waals surface area contributed by atoms with Gasteiger partial charge in [-0.05, 0) is 55.8 Å². The van der Waals surface area contributed by atoms with Crippen LogP contribution in [0.5, 0.6) is 11.5 Å². The zero-order valence-electron chi connectivity index (χ0n) is 15.3. The summed E-state index contributed by atoms with van der Waals surface area (Å²) in [5, 5.41) is 0. The Morgan fingerprint density at radius 3 is 2.23 bits per heavy atom. The number of ether oxygens (including phenoxy) is 3. The fourth-order valence-corrected chi connectivity index (χ4v) is 2.28. The second kappa shape index (κ2) is 8.85. The second-order valence-corrected chi connectivity index (χ2v) is 5.84. The molecule has 0 spiro atoms. The zero-order chi connectivity index (χ0) is 19.1. The third-order valence-electron chi connectivity index (χ3n) is 3.59. The Hall–Kier alpha value is -3.08. The molecule has 0 heterocycles. The lowest BCUT2D eigenvalue weighted by atomic mass is 10.1. The fraction of sp³-hybridized carbons (Fsp3) is 0.238. The molecule has 5 heteroatoms.